The zero-order valence-corrected chi connectivity index (χ0v) is 6.84. The third-order valence-corrected chi connectivity index (χ3v) is 2.67. The maximum Gasteiger partial charge on any atom is 0.295 e. The SMILES string of the molecule is [CH2]CC(O)(CC=C)S(=O)(=O)O. The molecular weight excluding hydrogens is 168 g/mol. The molecule has 0 fully saturated rings. The fourth-order valence-corrected chi connectivity index (χ4v) is 1.15. The molecule has 0 saturated heterocycles. The second-order valence-corrected chi connectivity index (χ2v) is 3.87. The second-order valence-electron chi connectivity index (χ2n) is 2.16. The minimum absolute atomic E-state index is 0.227. The van der Waals surface area contributed by atoms with Crippen LogP contribution in [0.15, 0.2) is 12.7 Å². The largest absolute Gasteiger partial charge is 0.372 e. The fourth-order valence-electron chi connectivity index (χ4n) is 0.562. The van der Waals surface area contributed by atoms with Crippen LogP contribution >= 0.6 is 0 Å². The van der Waals surface area contributed by atoms with Crippen molar-refractivity contribution in [3.8, 4) is 0 Å². The van der Waals surface area contributed by atoms with Gasteiger partial charge in [0.05, 0.1) is 0 Å². The van der Waals surface area contributed by atoms with Crippen molar-refractivity contribution in [2.24, 2.45) is 0 Å². The number of aliphatic hydroxyl groups is 1. The van der Waals surface area contributed by atoms with E-state index in [1.54, 1.807) is 0 Å². The van der Waals surface area contributed by atoms with Crippen LogP contribution in [0, 0.1) is 6.92 Å². The van der Waals surface area contributed by atoms with Gasteiger partial charge in [0, 0.05) is 6.42 Å². The second kappa shape index (κ2) is 3.34. The van der Waals surface area contributed by atoms with Crippen LogP contribution in [0.5, 0.6) is 0 Å². The quantitative estimate of drug-likeness (QED) is 0.482. The summed E-state index contributed by atoms with van der Waals surface area (Å²) in [6.07, 6.45) is 0.673. The Kier molecular flexibility index (Phi) is 3.22. The fraction of sp³-hybridized carbons (Fsp3) is 0.500. The maximum atomic E-state index is 10.5. The highest BCUT2D eigenvalue weighted by molar-refractivity contribution is 7.87. The van der Waals surface area contributed by atoms with Crippen LogP contribution in [-0.4, -0.2) is 23.0 Å². The van der Waals surface area contributed by atoms with Crippen LogP contribution in [0.3, 0.4) is 0 Å². The highest BCUT2D eigenvalue weighted by Crippen LogP contribution is 2.21. The Morgan fingerprint density at radius 1 is 1.55 bits per heavy atom. The van der Waals surface area contributed by atoms with Gasteiger partial charge in [0.15, 0.2) is 4.93 Å². The molecule has 11 heavy (non-hydrogen) atoms. The summed E-state index contributed by atoms with van der Waals surface area (Å²) < 4.78 is 29.5. The highest BCUT2D eigenvalue weighted by Gasteiger charge is 2.37. The monoisotopic (exact) mass is 179 g/mol. The predicted octanol–water partition coefficient (Wildman–Crippen LogP) is 0.363. The summed E-state index contributed by atoms with van der Waals surface area (Å²) in [5.74, 6) is 0. The van der Waals surface area contributed by atoms with Gasteiger partial charge in [0.2, 0.25) is 0 Å². The van der Waals surface area contributed by atoms with Gasteiger partial charge in [-0.05, 0) is 13.3 Å². The molecule has 0 aliphatic rings. The molecular formula is C6H11O4S. The predicted molar refractivity (Wildman–Crippen MR) is 41.3 cm³/mol. The van der Waals surface area contributed by atoms with Gasteiger partial charge >= 0.3 is 0 Å². The molecule has 1 radical (unpaired) electrons. The minimum atomic E-state index is -4.45. The molecule has 0 heterocycles. The Balaban J connectivity index is 4.75. The van der Waals surface area contributed by atoms with Crippen molar-refractivity contribution in [2.45, 2.75) is 17.8 Å². The van der Waals surface area contributed by atoms with Gasteiger partial charge < -0.3 is 5.11 Å². The Labute approximate surface area is 66.3 Å². The Morgan fingerprint density at radius 2 is 2.00 bits per heavy atom. The standard InChI is InChI=1S/C6H11O4S/c1-3-5-6(7,4-2)11(8,9)10/h3,7H,1-2,4-5H2,(H,8,9,10). The third kappa shape index (κ3) is 2.28. The summed E-state index contributed by atoms with van der Waals surface area (Å²) >= 11 is 0. The Bertz CT molecular complexity index is 231. The zero-order chi connectivity index (χ0) is 9.12. The van der Waals surface area contributed by atoms with Gasteiger partial charge in [-0.25, -0.2) is 0 Å². The number of hydrogen-bond acceptors (Lipinski definition) is 3. The van der Waals surface area contributed by atoms with Gasteiger partial charge in [-0.15, -0.1) is 6.58 Å². The van der Waals surface area contributed by atoms with Crippen LogP contribution in [-0.2, 0) is 10.1 Å². The van der Waals surface area contributed by atoms with E-state index in [0.29, 0.717) is 0 Å². The van der Waals surface area contributed by atoms with E-state index in [1.165, 1.54) is 6.08 Å². The first-order chi connectivity index (χ1) is 4.87. The Hall–Kier alpha value is -0.390. The van der Waals surface area contributed by atoms with Crippen molar-refractivity contribution in [3.05, 3.63) is 19.6 Å². The van der Waals surface area contributed by atoms with Crippen molar-refractivity contribution < 1.29 is 18.1 Å². The van der Waals surface area contributed by atoms with Crippen molar-refractivity contribution >= 4 is 10.1 Å². The molecule has 0 aromatic rings. The van der Waals surface area contributed by atoms with Gasteiger partial charge in [0.1, 0.15) is 0 Å². The van der Waals surface area contributed by atoms with E-state index < -0.39 is 15.1 Å². The zero-order valence-electron chi connectivity index (χ0n) is 6.02. The summed E-state index contributed by atoms with van der Waals surface area (Å²) in [7, 11) is -4.45. The molecule has 65 valence electrons. The van der Waals surface area contributed by atoms with E-state index in [4.69, 9.17) is 4.55 Å². The molecule has 5 heteroatoms. The van der Waals surface area contributed by atoms with E-state index in [0.717, 1.165) is 0 Å². The lowest BCUT2D eigenvalue weighted by Gasteiger charge is -2.20. The van der Waals surface area contributed by atoms with E-state index in [9.17, 15) is 13.5 Å². The van der Waals surface area contributed by atoms with Gasteiger partial charge in [-0.1, -0.05) is 6.08 Å². The summed E-state index contributed by atoms with van der Waals surface area (Å²) in [6, 6.07) is 0. The normalized spacial score (nSPS) is 17.4. The van der Waals surface area contributed by atoms with E-state index in [2.05, 4.69) is 13.5 Å². The minimum Gasteiger partial charge on any atom is -0.372 e. The lowest BCUT2D eigenvalue weighted by atomic mass is 10.2. The van der Waals surface area contributed by atoms with Crippen molar-refractivity contribution in [3.63, 3.8) is 0 Å². The van der Waals surface area contributed by atoms with Crippen molar-refractivity contribution in [1.29, 1.82) is 0 Å². The van der Waals surface area contributed by atoms with E-state index in [1.807, 2.05) is 0 Å². The molecule has 0 saturated carbocycles. The van der Waals surface area contributed by atoms with Gasteiger partial charge in [0.25, 0.3) is 10.1 Å². The lowest BCUT2D eigenvalue weighted by molar-refractivity contribution is 0.118. The molecule has 0 bridgehead atoms. The molecule has 0 amide bonds. The molecule has 0 aliphatic heterocycles. The third-order valence-electron chi connectivity index (χ3n) is 1.33. The molecule has 0 aromatic heterocycles. The molecule has 0 aliphatic carbocycles. The maximum absolute atomic E-state index is 10.5. The van der Waals surface area contributed by atoms with Gasteiger partial charge in [-0.3, -0.25) is 4.55 Å². The Morgan fingerprint density at radius 3 is 2.09 bits per heavy atom. The van der Waals surface area contributed by atoms with Crippen molar-refractivity contribution in [1.82, 2.24) is 0 Å². The first kappa shape index (κ1) is 10.6. The first-order valence-electron chi connectivity index (χ1n) is 2.97. The summed E-state index contributed by atoms with van der Waals surface area (Å²) in [4.78, 5) is -2.17. The van der Waals surface area contributed by atoms with Crippen LogP contribution in [0.4, 0.5) is 0 Å². The molecule has 1 unspecified atom stereocenters. The summed E-state index contributed by atoms with van der Waals surface area (Å²) in [5.41, 5.74) is 0. The van der Waals surface area contributed by atoms with Crippen molar-refractivity contribution in [2.75, 3.05) is 0 Å². The first-order valence-corrected chi connectivity index (χ1v) is 4.41. The lowest BCUT2D eigenvalue weighted by Crippen LogP contribution is -2.36. The molecule has 0 spiro atoms. The molecule has 1 atom stereocenters. The summed E-state index contributed by atoms with van der Waals surface area (Å²) in [5, 5.41) is 9.18. The van der Waals surface area contributed by atoms with E-state index in [-0.39, 0.29) is 12.8 Å². The average molecular weight is 179 g/mol. The molecule has 0 aromatic carbocycles. The van der Waals surface area contributed by atoms with Crippen LogP contribution < -0.4 is 0 Å². The topological polar surface area (TPSA) is 74.6 Å². The smallest absolute Gasteiger partial charge is 0.295 e. The van der Waals surface area contributed by atoms with Crippen LogP contribution in [0.25, 0.3) is 0 Å². The molecule has 2 N–H and O–H groups in total. The van der Waals surface area contributed by atoms with Gasteiger partial charge in [-0.2, -0.15) is 8.42 Å². The molecule has 0 rings (SSSR count). The average Bonchev–Trinajstić information content (AvgIpc) is 1.86. The van der Waals surface area contributed by atoms with Crippen LogP contribution in [0.2, 0.25) is 0 Å². The number of hydrogen-bond donors (Lipinski definition) is 2. The highest BCUT2D eigenvalue weighted by atomic mass is 32.2. The summed E-state index contributed by atoms with van der Waals surface area (Å²) in [6.45, 7) is 6.45. The number of rotatable bonds is 4. The van der Waals surface area contributed by atoms with E-state index >= 15 is 0 Å². The molecule has 4 nitrogen and oxygen atoms in total. The van der Waals surface area contributed by atoms with Crippen LogP contribution in [0.1, 0.15) is 12.8 Å².